The number of hydrogen-bond acceptors (Lipinski definition) is 3. The van der Waals surface area contributed by atoms with Gasteiger partial charge in [0.1, 0.15) is 0 Å². The van der Waals surface area contributed by atoms with Crippen LogP contribution in [0.25, 0.3) is 0 Å². The average Bonchev–Trinajstić information content (AvgIpc) is 3.29. The monoisotopic (exact) mass is 331 g/mol. The second-order valence-corrected chi connectivity index (χ2v) is 6.67. The van der Waals surface area contributed by atoms with Crippen LogP contribution < -0.4 is 16.0 Å². The van der Waals surface area contributed by atoms with Crippen LogP contribution >= 0.6 is 0 Å². The van der Waals surface area contributed by atoms with Crippen molar-refractivity contribution < 1.29 is 14.4 Å². The maximum atomic E-state index is 12.2. The van der Waals surface area contributed by atoms with Gasteiger partial charge in [0.2, 0.25) is 17.7 Å². The molecule has 3 N–H and O–H groups in total. The van der Waals surface area contributed by atoms with Crippen molar-refractivity contribution in [2.24, 2.45) is 17.8 Å². The van der Waals surface area contributed by atoms with Crippen LogP contribution in [0.4, 0.5) is 11.4 Å². The SMILES string of the molecule is CC(=O)Nc1ccc(NC(=O)C2CC2C(=O)NCCC(C)C)cc1. The highest BCUT2D eigenvalue weighted by atomic mass is 16.2. The summed E-state index contributed by atoms with van der Waals surface area (Å²) in [4.78, 5) is 35.1. The first-order valence-corrected chi connectivity index (χ1v) is 8.33. The fourth-order valence-corrected chi connectivity index (χ4v) is 2.46. The normalized spacial score (nSPS) is 18.8. The van der Waals surface area contributed by atoms with Crippen molar-refractivity contribution in [1.82, 2.24) is 5.32 Å². The van der Waals surface area contributed by atoms with Crippen LogP contribution in [-0.4, -0.2) is 24.3 Å². The Morgan fingerprint density at radius 1 is 1.00 bits per heavy atom. The minimum absolute atomic E-state index is 0.0307. The lowest BCUT2D eigenvalue weighted by atomic mass is 10.1. The van der Waals surface area contributed by atoms with Crippen LogP contribution in [0.5, 0.6) is 0 Å². The zero-order chi connectivity index (χ0) is 17.7. The molecule has 6 nitrogen and oxygen atoms in total. The highest BCUT2D eigenvalue weighted by Gasteiger charge is 2.47. The Hall–Kier alpha value is -2.37. The molecule has 1 fully saturated rings. The largest absolute Gasteiger partial charge is 0.356 e. The highest BCUT2D eigenvalue weighted by molar-refractivity contribution is 5.99. The molecule has 1 saturated carbocycles. The molecule has 24 heavy (non-hydrogen) atoms. The van der Waals surface area contributed by atoms with E-state index in [0.29, 0.717) is 30.3 Å². The molecule has 0 saturated heterocycles. The van der Waals surface area contributed by atoms with E-state index in [0.717, 1.165) is 6.42 Å². The number of hydrogen-bond donors (Lipinski definition) is 3. The summed E-state index contributed by atoms with van der Waals surface area (Å²) >= 11 is 0. The van der Waals surface area contributed by atoms with Gasteiger partial charge in [0.15, 0.2) is 0 Å². The van der Waals surface area contributed by atoms with Gasteiger partial charge >= 0.3 is 0 Å². The molecule has 0 spiro atoms. The number of benzene rings is 1. The predicted octanol–water partition coefficient (Wildman–Crippen LogP) is 2.38. The summed E-state index contributed by atoms with van der Waals surface area (Å²) in [6.07, 6.45) is 1.54. The third kappa shape index (κ3) is 5.37. The van der Waals surface area contributed by atoms with Crippen molar-refractivity contribution in [2.75, 3.05) is 17.2 Å². The van der Waals surface area contributed by atoms with Crippen molar-refractivity contribution in [2.45, 2.75) is 33.6 Å². The van der Waals surface area contributed by atoms with E-state index in [1.54, 1.807) is 24.3 Å². The van der Waals surface area contributed by atoms with E-state index in [9.17, 15) is 14.4 Å². The summed E-state index contributed by atoms with van der Waals surface area (Å²) in [5.41, 5.74) is 1.33. The Morgan fingerprint density at radius 3 is 2.08 bits per heavy atom. The van der Waals surface area contributed by atoms with Gasteiger partial charge in [0, 0.05) is 24.8 Å². The number of nitrogens with one attached hydrogen (secondary N) is 3. The van der Waals surface area contributed by atoms with Gasteiger partial charge in [-0.25, -0.2) is 0 Å². The lowest BCUT2D eigenvalue weighted by Crippen LogP contribution is -2.28. The van der Waals surface area contributed by atoms with Gasteiger partial charge in [-0.3, -0.25) is 14.4 Å². The molecule has 6 heteroatoms. The van der Waals surface area contributed by atoms with Gasteiger partial charge < -0.3 is 16.0 Å². The Labute approximate surface area is 142 Å². The maximum absolute atomic E-state index is 12.2. The first-order chi connectivity index (χ1) is 11.4. The van der Waals surface area contributed by atoms with Crippen molar-refractivity contribution in [3.8, 4) is 0 Å². The van der Waals surface area contributed by atoms with E-state index in [1.165, 1.54) is 6.92 Å². The average molecular weight is 331 g/mol. The topological polar surface area (TPSA) is 87.3 Å². The molecule has 1 aliphatic carbocycles. The van der Waals surface area contributed by atoms with E-state index >= 15 is 0 Å². The smallest absolute Gasteiger partial charge is 0.228 e. The third-order valence-corrected chi connectivity index (χ3v) is 3.96. The molecular weight excluding hydrogens is 306 g/mol. The summed E-state index contributed by atoms with van der Waals surface area (Å²) in [5, 5.41) is 8.37. The van der Waals surface area contributed by atoms with Gasteiger partial charge in [-0.2, -0.15) is 0 Å². The van der Waals surface area contributed by atoms with Crippen molar-refractivity contribution in [1.29, 1.82) is 0 Å². The summed E-state index contributed by atoms with van der Waals surface area (Å²) in [6, 6.07) is 6.90. The summed E-state index contributed by atoms with van der Waals surface area (Å²) in [6.45, 7) is 6.31. The minimum Gasteiger partial charge on any atom is -0.356 e. The summed E-state index contributed by atoms with van der Waals surface area (Å²) in [7, 11) is 0. The Kier molecular flexibility index (Phi) is 5.95. The van der Waals surface area contributed by atoms with Gasteiger partial charge in [0.05, 0.1) is 11.8 Å². The van der Waals surface area contributed by atoms with Crippen LogP contribution in [0, 0.1) is 17.8 Å². The first-order valence-electron chi connectivity index (χ1n) is 8.33. The molecule has 2 atom stereocenters. The lowest BCUT2D eigenvalue weighted by Gasteiger charge is -2.08. The zero-order valence-electron chi connectivity index (χ0n) is 14.4. The molecule has 1 aromatic carbocycles. The van der Waals surface area contributed by atoms with Crippen LogP contribution in [-0.2, 0) is 14.4 Å². The fraction of sp³-hybridized carbons (Fsp3) is 0.500. The van der Waals surface area contributed by atoms with E-state index < -0.39 is 0 Å². The molecule has 0 aromatic heterocycles. The molecule has 130 valence electrons. The number of amides is 3. The Morgan fingerprint density at radius 2 is 1.54 bits per heavy atom. The van der Waals surface area contributed by atoms with E-state index in [2.05, 4.69) is 29.8 Å². The van der Waals surface area contributed by atoms with Crippen molar-refractivity contribution in [3.05, 3.63) is 24.3 Å². The molecule has 0 aliphatic heterocycles. The predicted molar refractivity (Wildman–Crippen MR) is 93.4 cm³/mol. The second-order valence-electron chi connectivity index (χ2n) is 6.67. The molecule has 0 radical (unpaired) electrons. The van der Waals surface area contributed by atoms with Gasteiger partial charge in [0.25, 0.3) is 0 Å². The minimum atomic E-state index is -0.251. The zero-order valence-corrected chi connectivity index (χ0v) is 14.4. The molecule has 0 heterocycles. The quantitative estimate of drug-likeness (QED) is 0.717. The maximum Gasteiger partial charge on any atom is 0.228 e. The van der Waals surface area contributed by atoms with Crippen molar-refractivity contribution in [3.63, 3.8) is 0 Å². The Bertz CT molecular complexity index is 610. The second kappa shape index (κ2) is 7.95. The lowest BCUT2D eigenvalue weighted by molar-refractivity contribution is -0.125. The van der Waals surface area contributed by atoms with Crippen LogP contribution in [0.2, 0.25) is 0 Å². The van der Waals surface area contributed by atoms with Crippen LogP contribution in [0.3, 0.4) is 0 Å². The standard InChI is InChI=1S/C18H25N3O3/c1-11(2)8-9-19-17(23)15-10-16(15)18(24)21-14-6-4-13(5-7-14)20-12(3)22/h4-7,11,15-16H,8-10H2,1-3H3,(H,19,23)(H,20,22)(H,21,24). The third-order valence-electron chi connectivity index (χ3n) is 3.96. The number of anilines is 2. The Balaban J connectivity index is 1.77. The van der Waals surface area contributed by atoms with E-state index in [4.69, 9.17) is 0 Å². The molecule has 2 rings (SSSR count). The van der Waals surface area contributed by atoms with Crippen LogP contribution in [0.15, 0.2) is 24.3 Å². The first kappa shape index (κ1) is 18.0. The molecule has 0 bridgehead atoms. The number of rotatable bonds is 7. The molecule has 1 aromatic rings. The molecular formula is C18H25N3O3. The molecule has 3 amide bonds. The van der Waals surface area contributed by atoms with Gasteiger partial charge in [-0.1, -0.05) is 13.8 Å². The summed E-state index contributed by atoms with van der Waals surface area (Å²) < 4.78 is 0. The van der Waals surface area contributed by atoms with Gasteiger partial charge in [-0.15, -0.1) is 0 Å². The number of carbonyl (C=O) groups is 3. The number of carbonyl (C=O) groups excluding carboxylic acids is 3. The molecule has 1 aliphatic rings. The highest BCUT2D eigenvalue weighted by Crippen LogP contribution is 2.39. The van der Waals surface area contributed by atoms with Crippen LogP contribution in [0.1, 0.15) is 33.6 Å². The van der Waals surface area contributed by atoms with E-state index in [1.807, 2.05) is 0 Å². The van der Waals surface area contributed by atoms with E-state index in [-0.39, 0.29) is 29.6 Å². The van der Waals surface area contributed by atoms with Crippen molar-refractivity contribution >= 4 is 29.1 Å². The fourth-order valence-electron chi connectivity index (χ4n) is 2.46. The summed E-state index contributed by atoms with van der Waals surface area (Å²) in [5.74, 6) is -0.224. The molecule has 2 unspecified atom stereocenters. The van der Waals surface area contributed by atoms with Gasteiger partial charge in [-0.05, 0) is 43.0 Å².